The summed E-state index contributed by atoms with van der Waals surface area (Å²) in [7, 11) is 1.96. The molecule has 4 heteroatoms. The summed E-state index contributed by atoms with van der Waals surface area (Å²) in [5.74, 6) is 0.0557. The highest BCUT2D eigenvalue weighted by Crippen LogP contribution is 2.34. The zero-order valence-electron chi connectivity index (χ0n) is 17.1. The zero-order valence-corrected chi connectivity index (χ0v) is 17.1. The van der Waals surface area contributed by atoms with Gasteiger partial charge in [0.05, 0.1) is 5.60 Å². The number of benzene rings is 2. The van der Waals surface area contributed by atoms with Crippen LogP contribution in [0, 0.1) is 20.8 Å². The standard InChI is InChI=1S/C24H28N2O2/c1-16-6-5-7-19(14-16)24(28)10-12-26(13-11-24)23(27)22-18(3)20-15-17(2)8-9-21(20)25(22)4/h5-9,14-15,28H,10-13H2,1-4H3. The average Bonchev–Trinajstić information content (AvgIpc) is 2.92. The van der Waals surface area contributed by atoms with Crippen molar-refractivity contribution < 1.29 is 9.90 Å². The molecule has 28 heavy (non-hydrogen) atoms. The molecule has 1 aliphatic rings. The second kappa shape index (κ2) is 6.78. The molecule has 0 bridgehead atoms. The van der Waals surface area contributed by atoms with Gasteiger partial charge in [-0.25, -0.2) is 0 Å². The Kier molecular flexibility index (Phi) is 4.54. The smallest absolute Gasteiger partial charge is 0.270 e. The van der Waals surface area contributed by atoms with Crippen LogP contribution in [0.5, 0.6) is 0 Å². The highest BCUT2D eigenvalue weighted by Gasteiger charge is 2.36. The first kappa shape index (κ1) is 18.8. The molecule has 1 aromatic heterocycles. The molecule has 1 saturated heterocycles. The van der Waals surface area contributed by atoms with Gasteiger partial charge in [-0.05, 0) is 56.9 Å². The Bertz CT molecular complexity index is 1060. The van der Waals surface area contributed by atoms with Crippen molar-refractivity contribution in [3.05, 3.63) is 70.4 Å². The van der Waals surface area contributed by atoms with Crippen molar-refractivity contribution in [2.45, 2.75) is 39.2 Å². The van der Waals surface area contributed by atoms with E-state index in [1.165, 1.54) is 5.56 Å². The van der Waals surface area contributed by atoms with E-state index >= 15 is 0 Å². The minimum atomic E-state index is -0.853. The summed E-state index contributed by atoms with van der Waals surface area (Å²) in [5, 5.41) is 12.3. The normalized spacial score (nSPS) is 16.5. The fourth-order valence-corrected chi connectivity index (χ4v) is 4.50. The van der Waals surface area contributed by atoms with Gasteiger partial charge in [-0.3, -0.25) is 4.79 Å². The van der Waals surface area contributed by atoms with Crippen molar-refractivity contribution in [1.29, 1.82) is 0 Å². The molecular weight excluding hydrogens is 348 g/mol. The Labute approximate surface area is 166 Å². The Morgan fingerprint density at radius 3 is 2.36 bits per heavy atom. The van der Waals surface area contributed by atoms with Gasteiger partial charge in [0.15, 0.2) is 0 Å². The van der Waals surface area contributed by atoms with Gasteiger partial charge in [0.2, 0.25) is 0 Å². The van der Waals surface area contributed by atoms with E-state index in [1.54, 1.807) is 0 Å². The number of piperidine rings is 1. The number of fused-ring (bicyclic) bond motifs is 1. The maximum Gasteiger partial charge on any atom is 0.270 e. The number of hydrogen-bond acceptors (Lipinski definition) is 2. The monoisotopic (exact) mass is 376 g/mol. The van der Waals surface area contributed by atoms with Crippen molar-refractivity contribution in [1.82, 2.24) is 9.47 Å². The van der Waals surface area contributed by atoms with E-state index in [0.29, 0.717) is 25.9 Å². The number of amides is 1. The first-order chi connectivity index (χ1) is 13.3. The quantitative estimate of drug-likeness (QED) is 0.728. The maximum absolute atomic E-state index is 13.3. The fraction of sp³-hybridized carbons (Fsp3) is 0.375. The Morgan fingerprint density at radius 2 is 1.68 bits per heavy atom. The number of aliphatic hydroxyl groups is 1. The second-order valence-electron chi connectivity index (χ2n) is 8.25. The van der Waals surface area contributed by atoms with Crippen LogP contribution < -0.4 is 0 Å². The molecule has 146 valence electrons. The van der Waals surface area contributed by atoms with Crippen LogP contribution in [0.4, 0.5) is 0 Å². The summed E-state index contributed by atoms with van der Waals surface area (Å²) < 4.78 is 2.01. The lowest BCUT2D eigenvalue weighted by molar-refractivity contribution is -0.0213. The number of aryl methyl sites for hydroxylation is 4. The Morgan fingerprint density at radius 1 is 1.00 bits per heavy atom. The number of carbonyl (C=O) groups is 1. The molecule has 4 nitrogen and oxygen atoms in total. The third-order valence-corrected chi connectivity index (χ3v) is 6.24. The molecule has 3 aromatic rings. The number of likely N-dealkylation sites (tertiary alicyclic amines) is 1. The molecule has 1 aliphatic heterocycles. The summed E-state index contributed by atoms with van der Waals surface area (Å²) in [5.41, 5.74) is 5.31. The molecule has 4 rings (SSSR count). The van der Waals surface area contributed by atoms with Gasteiger partial charge in [0, 0.05) is 31.0 Å². The summed E-state index contributed by atoms with van der Waals surface area (Å²) in [4.78, 5) is 15.2. The van der Waals surface area contributed by atoms with E-state index in [2.05, 4.69) is 25.1 Å². The molecule has 1 N–H and O–H groups in total. The minimum Gasteiger partial charge on any atom is -0.385 e. The van der Waals surface area contributed by atoms with E-state index in [1.807, 2.05) is 54.6 Å². The Hall–Kier alpha value is -2.59. The predicted octanol–water partition coefficient (Wildman–Crippen LogP) is 4.23. The van der Waals surface area contributed by atoms with Crippen LogP contribution in [0.25, 0.3) is 10.9 Å². The predicted molar refractivity (Wildman–Crippen MR) is 113 cm³/mol. The third kappa shape index (κ3) is 3.02. The van der Waals surface area contributed by atoms with Gasteiger partial charge >= 0.3 is 0 Å². The number of aromatic nitrogens is 1. The van der Waals surface area contributed by atoms with Gasteiger partial charge in [-0.15, -0.1) is 0 Å². The van der Waals surface area contributed by atoms with Gasteiger partial charge < -0.3 is 14.6 Å². The van der Waals surface area contributed by atoms with E-state index in [0.717, 1.165) is 33.3 Å². The van der Waals surface area contributed by atoms with Crippen LogP contribution in [0.1, 0.15) is 45.6 Å². The average molecular weight is 377 g/mol. The van der Waals surface area contributed by atoms with Crippen LogP contribution >= 0.6 is 0 Å². The summed E-state index contributed by atoms with van der Waals surface area (Å²) in [6.45, 7) is 7.26. The van der Waals surface area contributed by atoms with E-state index in [4.69, 9.17) is 0 Å². The molecule has 0 atom stereocenters. The molecule has 0 spiro atoms. The van der Waals surface area contributed by atoms with Crippen LogP contribution in [0.2, 0.25) is 0 Å². The molecule has 0 radical (unpaired) electrons. The van der Waals surface area contributed by atoms with Crippen molar-refractivity contribution in [3.63, 3.8) is 0 Å². The van der Waals surface area contributed by atoms with Crippen molar-refractivity contribution in [3.8, 4) is 0 Å². The van der Waals surface area contributed by atoms with Crippen LogP contribution in [-0.2, 0) is 12.6 Å². The van der Waals surface area contributed by atoms with Crippen molar-refractivity contribution in [2.75, 3.05) is 13.1 Å². The second-order valence-corrected chi connectivity index (χ2v) is 8.25. The largest absolute Gasteiger partial charge is 0.385 e. The highest BCUT2D eigenvalue weighted by atomic mass is 16.3. The lowest BCUT2D eigenvalue weighted by Crippen LogP contribution is -2.45. The third-order valence-electron chi connectivity index (χ3n) is 6.24. The number of carbonyl (C=O) groups excluding carboxylic acids is 1. The van der Waals surface area contributed by atoms with Crippen LogP contribution in [0.3, 0.4) is 0 Å². The molecule has 0 unspecified atom stereocenters. The van der Waals surface area contributed by atoms with Gasteiger partial charge in [0.25, 0.3) is 5.91 Å². The van der Waals surface area contributed by atoms with Gasteiger partial charge in [-0.1, -0.05) is 41.5 Å². The van der Waals surface area contributed by atoms with E-state index < -0.39 is 5.60 Å². The topological polar surface area (TPSA) is 45.5 Å². The van der Waals surface area contributed by atoms with Crippen LogP contribution in [-0.4, -0.2) is 33.6 Å². The first-order valence-electron chi connectivity index (χ1n) is 9.94. The molecule has 1 amide bonds. The van der Waals surface area contributed by atoms with Gasteiger partial charge in [0.1, 0.15) is 5.69 Å². The van der Waals surface area contributed by atoms with Crippen molar-refractivity contribution in [2.24, 2.45) is 7.05 Å². The van der Waals surface area contributed by atoms with E-state index in [-0.39, 0.29) is 5.91 Å². The van der Waals surface area contributed by atoms with Crippen LogP contribution in [0.15, 0.2) is 42.5 Å². The Balaban J connectivity index is 1.59. The maximum atomic E-state index is 13.3. The van der Waals surface area contributed by atoms with Gasteiger partial charge in [-0.2, -0.15) is 0 Å². The number of hydrogen-bond donors (Lipinski definition) is 1. The summed E-state index contributed by atoms with van der Waals surface area (Å²) in [6.07, 6.45) is 1.12. The highest BCUT2D eigenvalue weighted by molar-refractivity contribution is 6.01. The number of rotatable bonds is 2. The summed E-state index contributed by atoms with van der Waals surface area (Å²) >= 11 is 0. The molecule has 0 saturated carbocycles. The van der Waals surface area contributed by atoms with E-state index in [9.17, 15) is 9.90 Å². The molecule has 2 aromatic carbocycles. The van der Waals surface area contributed by atoms with Crippen molar-refractivity contribution >= 4 is 16.8 Å². The number of nitrogens with zero attached hydrogens (tertiary/aromatic N) is 2. The molecule has 1 fully saturated rings. The lowest BCUT2D eigenvalue weighted by atomic mass is 9.84. The molecule has 0 aliphatic carbocycles. The lowest BCUT2D eigenvalue weighted by Gasteiger charge is -2.38. The molecule has 2 heterocycles. The zero-order chi connectivity index (χ0) is 20.1. The fourth-order valence-electron chi connectivity index (χ4n) is 4.50. The molecular formula is C24H28N2O2. The SMILES string of the molecule is Cc1cccc(C2(O)CCN(C(=O)c3c(C)c4cc(C)ccc4n3C)CC2)c1. The minimum absolute atomic E-state index is 0.0557. The first-order valence-corrected chi connectivity index (χ1v) is 9.94. The summed E-state index contributed by atoms with van der Waals surface area (Å²) in [6, 6.07) is 14.4.